The minimum atomic E-state index is -3.40. The fraction of sp³-hybridized carbons (Fsp3) is 0.632. The second-order valence-corrected chi connectivity index (χ2v) is 10.3. The van der Waals surface area contributed by atoms with Gasteiger partial charge in [0.15, 0.2) is 0 Å². The fourth-order valence-electron chi connectivity index (χ4n) is 3.67. The molecule has 10 heteroatoms. The number of benzene rings is 1. The molecule has 1 aromatic carbocycles. The van der Waals surface area contributed by atoms with Gasteiger partial charge in [-0.25, -0.2) is 0 Å². The lowest BCUT2D eigenvalue weighted by atomic mass is 10.2. The number of rotatable bonds is 6. The Labute approximate surface area is 183 Å². The molecule has 162 valence electrons. The van der Waals surface area contributed by atoms with Gasteiger partial charge in [-0.1, -0.05) is 42.1 Å². The summed E-state index contributed by atoms with van der Waals surface area (Å²) in [6, 6.07) is 5.17. The maximum atomic E-state index is 12.9. The highest BCUT2D eigenvalue weighted by molar-refractivity contribution is 7.86. The molecule has 0 saturated carbocycles. The van der Waals surface area contributed by atoms with Crippen LogP contribution in [0.4, 0.5) is 0 Å². The van der Waals surface area contributed by atoms with Gasteiger partial charge in [-0.2, -0.15) is 17.0 Å². The number of carbonyl (C=O) groups is 1. The van der Waals surface area contributed by atoms with E-state index in [1.165, 1.54) is 0 Å². The van der Waals surface area contributed by atoms with E-state index >= 15 is 0 Å². The number of amides is 1. The molecule has 2 saturated heterocycles. The molecule has 2 aliphatic heterocycles. The lowest BCUT2D eigenvalue weighted by molar-refractivity contribution is -0.122. The third-order valence-corrected chi connectivity index (χ3v) is 8.03. The highest BCUT2D eigenvalue weighted by Gasteiger charge is 2.32. The number of nitrogens with zero attached hydrogens (tertiary/aromatic N) is 3. The van der Waals surface area contributed by atoms with Crippen LogP contribution < -0.4 is 5.32 Å². The number of nitrogens with one attached hydrogen (secondary N) is 1. The third kappa shape index (κ3) is 6.29. The topological polar surface area (TPSA) is 73.0 Å². The molecule has 29 heavy (non-hydrogen) atoms. The second kappa shape index (κ2) is 10.4. The minimum Gasteiger partial charge on any atom is -0.351 e. The summed E-state index contributed by atoms with van der Waals surface area (Å²) >= 11 is 12.0. The van der Waals surface area contributed by atoms with Gasteiger partial charge in [0.25, 0.3) is 10.2 Å². The molecular weight excluding hydrogens is 435 g/mol. The Balaban J connectivity index is 1.44. The van der Waals surface area contributed by atoms with Crippen molar-refractivity contribution in [2.45, 2.75) is 32.2 Å². The number of carbonyl (C=O) groups excluding carboxylic acids is 1. The maximum Gasteiger partial charge on any atom is 0.282 e. The van der Waals surface area contributed by atoms with Crippen molar-refractivity contribution in [1.82, 2.24) is 18.8 Å². The average Bonchev–Trinajstić information content (AvgIpc) is 2.98. The molecule has 1 N–H and O–H groups in total. The Kier molecular flexibility index (Phi) is 8.18. The van der Waals surface area contributed by atoms with Gasteiger partial charge >= 0.3 is 0 Å². The van der Waals surface area contributed by atoms with Crippen molar-refractivity contribution in [2.24, 2.45) is 0 Å². The Morgan fingerprint density at radius 2 is 1.55 bits per heavy atom. The first-order valence-corrected chi connectivity index (χ1v) is 12.2. The standard InChI is InChI=1S/C19H28Cl2N4O3S/c20-17-6-5-16(18(21)13-17)14-22-19(26)15-23-9-11-25(12-10-23)29(27,28)24-7-3-1-2-4-8-24/h5-6,13H,1-4,7-12,14-15H2,(H,22,26). The van der Waals surface area contributed by atoms with E-state index in [0.29, 0.717) is 55.9 Å². The van der Waals surface area contributed by atoms with Gasteiger partial charge in [0, 0.05) is 55.9 Å². The predicted octanol–water partition coefficient (Wildman–Crippen LogP) is 2.35. The van der Waals surface area contributed by atoms with Crippen LogP contribution in [0.2, 0.25) is 10.0 Å². The van der Waals surface area contributed by atoms with Crippen molar-refractivity contribution in [1.29, 1.82) is 0 Å². The van der Waals surface area contributed by atoms with Gasteiger partial charge in [0.1, 0.15) is 0 Å². The summed E-state index contributed by atoms with van der Waals surface area (Å²) in [4.78, 5) is 14.2. The summed E-state index contributed by atoms with van der Waals surface area (Å²) in [7, 11) is -3.40. The summed E-state index contributed by atoms with van der Waals surface area (Å²) in [6.07, 6.45) is 4.04. The minimum absolute atomic E-state index is 0.111. The lowest BCUT2D eigenvalue weighted by Gasteiger charge is -2.36. The fourth-order valence-corrected chi connectivity index (χ4v) is 5.82. The van der Waals surface area contributed by atoms with Gasteiger partial charge in [-0.15, -0.1) is 0 Å². The third-order valence-electron chi connectivity index (χ3n) is 5.41. The van der Waals surface area contributed by atoms with Crippen LogP contribution in [0, 0.1) is 0 Å². The molecule has 2 fully saturated rings. The highest BCUT2D eigenvalue weighted by atomic mass is 35.5. The van der Waals surface area contributed by atoms with Crippen LogP contribution in [0.25, 0.3) is 0 Å². The molecule has 0 aromatic heterocycles. The van der Waals surface area contributed by atoms with Crippen LogP contribution in [0.1, 0.15) is 31.2 Å². The first-order valence-electron chi connectivity index (χ1n) is 10.0. The van der Waals surface area contributed by atoms with E-state index in [2.05, 4.69) is 5.32 Å². The molecule has 0 bridgehead atoms. The summed E-state index contributed by atoms with van der Waals surface area (Å²) in [5.41, 5.74) is 0.803. The van der Waals surface area contributed by atoms with Crippen molar-refractivity contribution in [3.63, 3.8) is 0 Å². The van der Waals surface area contributed by atoms with Crippen molar-refractivity contribution < 1.29 is 13.2 Å². The van der Waals surface area contributed by atoms with Gasteiger partial charge in [-0.3, -0.25) is 9.69 Å². The Morgan fingerprint density at radius 1 is 0.931 bits per heavy atom. The van der Waals surface area contributed by atoms with E-state index in [9.17, 15) is 13.2 Å². The summed E-state index contributed by atoms with van der Waals surface area (Å²) < 4.78 is 28.9. The first kappa shape index (κ1) is 22.8. The number of piperazine rings is 1. The Bertz CT molecular complexity index is 806. The summed E-state index contributed by atoms with van der Waals surface area (Å²) in [5, 5.41) is 3.93. The monoisotopic (exact) mass is 462 g/mol. The van der Waals surface area contributed by atoms with Crippen LogP contribution in [0.3, 0.4) is 0 Å². The van der Waals surface area contributed by atoms with E-state index in [1.807, 2.05) is 4.90 Å². The number of hydrogen-bond donors (Lipinski definition) is 1. The van der Waals surface area contributed by atoms with Gasteiger partial charge < -0.3 is 5.32 Å². The zero-order chi connectivity index (χ0) is 20.9. The molecular formula is C19H28Cl2N4O3S. The van der Waals surface area contributed by atoms with E-state index in [-0.39, 0.29) is 12.5 Å². The van der Waals surface area contributed by atoms with Crippen LogP contribution in [-0.2, 0) is 21.5 Å². The summed E-state index contributed by atoms with van der Waals surface area (Å²) in [5.74, 6) is -0.111. The molecule has 0 atom stereocenters. The first-order chi connectivity index (χ1) is 13.9. The maximum absolute atomic E-state index is 12.9. The normalized spacial score (nSPS) is 20.3. The van der Waals surface area contributed by atoms with Crippen LogP contribution >= 0.6 is 23.2 Å². The van der Waals surface area contributed by atoms with Crippen molar-refractivity contribution in [2.75, 3.05) is 45.8 Å². The highest BCUT2D eigenvalue weighted by Crippen LogP contribution is 2.21. The molecule has 1 aromatic rings. The zero-order valence-electron chi connectivity index (χ0n) is 16.4. The molecule has 3 rings (SSSR count). The van der Waals surface area contributed by atoms with Gasteiger partial charge in [-0.05, 0) is 30.5 Å². The molecule has 0 spiro atoms. The largest absolute Gasteiger partial charge is 0.351 e. The molecule has 2 aliphatic rings. The van der Waals surface area contributed by atoms with Gasteiger partial charge in [0.05, 0.1) is 6.54 Å². The number of hydrogen-bond acceptors (Lipinski definition) is 4. The smallest absolute Gasteiger partial charge is 0.282 e. The van der Waals surface area contributed by atoms with Crippen molar-refractivity contribution >= 4 is 39.3 Å². The predicted molar refractivity (Wildman–Crippen MR) is 115 cm³/mol. The van der Waals surface area contributed by atoms with E-state index in [0.717, 1.165) is 31.2 Å². The lowest BCUT2D eigenvalue weighted by Crippen LogP contribution is -2.54. The van der Waals surface area contributed by atoms with E-state index < -0.39 is 10.2 Å². The number of halogens is 2. The van der Waals surface area contributed by atoms with Gasteiger partial charge in [0.2, 0.25) is 5.91 Å². The van der Waals surface area contributed by atoms with Crippen LogP contribution in [0.15, 0.2) is 18.2 Å². The summed E-state index contributed by atoms with van der Waals surface area (Å²) in [6.45, 7) is 3.70. The Hall–Kier alpha value is -0.900. The van der Waals surface area contributed by atoms with E-state index in [4.69, 9.17) is 23.2 Å². The molecule has 0 unspecified atom stereocenters. The van der Waals surface area contributed by atoms with Crippen molar-refractivity contribution in [3.8, 4) is 0 Å². The van der Waals surface area contributed by atoms with Crippen molar-refractivity contribution in [3.05, 3.63) is 33.8 Å². The molecule has 7 nitrogen and oxygen atoms in total. The van der Waals surface area contributed by atoms with Crippen LogP contribution in [-0.4, -0.2) is 73.6 Å². The zero-order valence-corrected chi connectivity index (χ0v) is 18.8. The van der Waals surface area contributed by atoms with Crippen LogP contribution in [0.5, 0.6) is 0 Å². The second-order valence-electron chi connectivity index (χ2n) is 7.51. The quantitative estimate of drug-likeness (QED) is 0.703. The molecule has 0 aliphatic carbocycles. The SMILES string of the molecule is O=C(CN1CCN(S(=O)(=O)N2CCCCCC2)CC1)NCc1ccc(Cl)cc1Cl. The average molecular weight is 463 g/mol. The molecule has 1 amide bonds. The Morgan fingerprint density at radius 3 is 2.17 bits per heavy atom. The molecule has 0 radical (unpaired) electrons. The molecule has 2 heterocycles. The van der Waals surface area contributed by atoms with E-state index in [1.54, 1.807) is 26.8 Å².